The first-order valence-electron chi connectivity index (χ1n) is 9.64. The smallest absolute Gasteiger partial charge is 0.230 e. The third-order valence-corrected chi connectivity index (χ3v) is 6.24. The lowest BCUT2D eigenvalue weighted by Crippen LogP contribution is -2.24. The molecule has 1 aliphatic heterocycles. The van der Waals surface area contributed by atoms with Crippen LogP contribution in [0.25, 0.3) is 0 Å². The van der Waals surface area contributed by atoms with E-state index in [1.807, 2.05) is 32.0 Å². The van der Waals surface area contributed by atoms with Crippen molar-refractivity contribution < 1.29 is 14.0 Å². The number of nitrogens with zero attached hydrogens (tertiary/aromatic N) is 3. The van der Waals surface area contributed by atoms with Crippen molar-refractivity contribution in [2.24, 2.45) is 0 Å². The van der Waals surface area contributed by atoms with Crippen molar-refractivity contribution in [3.05, 3.63) is 70.0 Å². The second-order valence-electron chi connectivity index (χ2n) is 7.47. The minimum absolute atomic E-state index is 0.0559. The molecule has 2 amide bonds. The Hall–Kier alpha value is -3.13. The van der Waals surface area contributed by atoms with E-state index in [-0.39, 0.29) is 30.0 Å². The molecule has 1 N–H and O–H groups in total. The summed E-state index contributed by atoms with van der Waals surface area (Å²) in [6, 6.07) is 11.8. The Bertz CT molecular complexity index is 1100. The van der Waals surface area contributed by atoms with Crippen LogP contribution in [0.2, 0.25) is 0 Å². The van der Waals surface area contributed by atoms with Gasteiger partial charge in [0.1, 0.15) is 10.8 Å². The van der Waals surface area contributed by atoms with E-state index in [1.165, 1.54) is 29.0 Å². The van der Waals surface area contributed by atoms with E-state index in [0.717, 1.165) is 16.3 Å². The van der Waals surface area contributed by atoms with E-state index in [4.69, 9.17) is 0 Å². The Morgan fingerprint density at radius 2 is 1.93 bits per heavy atom. The van der Waals surface area contributed by atoms with Crippen LogP contribution < -0.4 is 10.2 Å². The second-order valence-corrected chi connectivity index (χ2v) is 8.48. The Morgan fingerprint density at radius 3 is 2.67 bits per heavy atom. The molecule has 2 aromatic carbocycles. The fourth-order valence-electron chi connectivity index (χ4n) is 3.42. The Morgan fingerprint density at radius 1 is 1.17 bits per heavy atom. The normalized spacial score (nSPS) is 16.2. The maximum Gasteiger partial charge on any atom is 0.230 e. The van der Waals surface area contributed by atoms with E-state index in [9.17, 15) is 14.0 Å². The van der Waals surface area contributed by atoms with Crippen LogP contribution in [0.3, 0.4) is 0 Å². The van der Waals surface area contributed by atoms with Gasteiger partial charge in [-0.3, -0.25) is 9.59 Å². The number of amides is 2. The SMILES string of the molecule is Cc1ccc(N2C[C@H](c3nnc(NC(=O)Cc4ccc(F)cc4)s3)CC2=O)cc1C. The highest BCUT2D eigenvalue weighted by Gasteiger charge is 2.34. The molecular formula is C22H21FN4O2S. The summed E-state index contributed by atoms with van der Waals surface area (Å²) in [5, 5.41) is 12.1. The highest BCUT2D eigenvalue weighted by molar-refractivity contribution is 7.15. The molecular weight excluding hydrogens is 403 g/mol. The van der Waals surface area contributed by atoms with Crippen molar-refractivity contribution in [2.75, 3.05) is 16.8 Å². The fraction of sp³-hybridized carbons (Fsp3) is 0.273. The van der Waals surface area contributed by atoms with Crippen LogP contribution in [-0.2, 0) is 16.0 Å². The summed E-state index contributed by atoms with van der Waals surface area (Å²) in [5.41, 5.74) is 3.94. The van der Waals surface area contributed by atoms with Crippen LogP contribution in [0, 0.1) is 19.7 Å². The molecule has 0 aliphatic carbocycles. The van der Waals surface area contributed by atoms with Gasteiger partial charge >= 0.3 is 0 Å². The summed E-state index contributed by atoms with van der Waals surface area (Å²) >= 11 is 1.28. The zero-order valence-electron chi connectivity index (χ0n) is 16.7. The quantitative estimate of drug-likeness (QED) is 0.672. The summed E-state index contributed by atoms with van der Waals surface area (Å²) in [7, 11) is 0. The molecule has 0 bridgehead atoms. The van der Waals surface area contributed by atoms with Gasteiger partial charge in [-0.25, -0.2) is 4.39 Å². The zero-order valence-corrected chi connectivity index (χ0v) is 17.5. The van der Waals surface area contributed by atoms with Crippen LogP contribution in [-0.4, -0.2) is 28.6 Å². The summed E-state index contributed by atoms with van der Waals surface area (Å²) in [4.78, 5) is 26.6. The number of benzene rings is 2. The molecule has 1 atom stereocenters. The first kappa shape index (κ1) is 20.2. The monoisotopic (exact) mass is 424 g/mol. The lowest BCUT2D eigenvalue weighted by Gasteiger charge is -2.17. The average molecular weight is 425 g/mol. The molecule has 1 aromatic heterocycles. The van der Waals surface area contributed by atoms with E-state index in [2.05, 4.69) is 15.5 Å². The third-order valence-electron chi connectivity index (χ3n) is 5.24. The topological polar surface area (TPSA) is 75.2 Å². The second kappa shape index (κ2) is 8.31. The van der Waals surface area contributed by atoms with Gasteiger partial charge < -0.3 is 10.2 Å². The molecule has 154 valence electrons. The van der Waals surface area contributed by atoms with E-state index < -0.39 is 0 Å². The van der Waals surface area contributed by atoms with Gasteiger partial charge in [0, 0.05) is 24.6 Å². The number of carbonyl (C=O) groups is 2. The van der Waals surface area contributed by atoms with Crippen LogP contribution in [0.1, 0.15) is 34.0 Å². The summed E-state index contributed by atoms with van der Waals surface area (Å²) in [6.45, 7) is 4.61. The van der Waals surface area contributed by atoms with Crippen molar-refractivity contribution in [3.8, 4) is 0 Å². The number of halogens is 1. The molecule has 1 saturated heterocycles. The number of anilines is 2. The molecule has 0 radical (unpaired) electrons. The largest absolute Gasteiger partial charge is 0.312 e. The van der Waals surface area contributed by atoms with Crippen LogP contribution in [0.15, 0.2) is 42.5 Å². The molecule has 3 aromatic rings. The molecule has 30 heavy (non-hydrogen) atoms. The number of nitrogens with one attached hydrogen (secondary N) is 1. The summed E-state index contributed by atoms with van der Waals surface area (Å²) in [5.74, 6) is -0.586. The Labute approximate surface area is 177 Å². The van der Waals surface area contributed by atoms with Gasteiger partial charge in [0.25, 0.3) is 0 Å². The van der Waals surface area contributed by atoms with Gasteiger partial charge in [-0.05, 0) is 54.8 Å². The van der Waals surface area contributed by atoms with Crippen LogP contribution in [0.4, 0.5) is 15.2 Å². The molecule has 6 nitrogen and oxygen atoms in total. The van der Waals surface area contributed by atoms with Crippen molar-refractivity contribution in [1.29, 1.82) is 0 Å². The van der Waals surface area contributed by atoms with Gasteiger partial charge in [-0.1, -0.05) is 29.5 Å². The molecule has 0 spiro atoms. The van der Waals surface area contributed by atoms with Gasteiger partial charge in [0.05, 0.1) is 6.42 Å². The molecule has 0 unspecified atom stereocenters. The number of aryl methyl sites for hydroxylation is 2. The standard InChI is InChI=1S/C22H21FN4O2S/c1-13-3-8-18(9-14(13)2)27-12-16(11-20(27)29)21-25-26-22(30-21)24-19(28)10-15-4-6-17(23)7-5-15/h3-9,16H,10-12H2,1-2H3,(H,24,26,28)/t16-/m1/s1. The number of rotatable bonds is 5. The van der Waals surface area contributed by atoms with Crippen LogP contribution in [0.5, 0.6) is 0 Å². The molecule has 8 heteroatoms. The van der Waals surface area contributed by atoms with E-state index >= 15 is 0 Å². The van der Waals surface area contributed by atoms with Crippen molar-refractivity contribution in [1.82, 2.24) is 10.2 Å². The van der Waals surface area contributed by atoms with Crippen LogP contribution >= 0.6 is 11.3 Å². The minimum atomic E-state index is -0.339. The van der Waals surface area contributed by atoms with Crippen molar-refractivity contribution >= 4 is 34.0 Å². The van der Waals surface area contributed by atoms with Gasteiger partial charge in [-0.15, -0.1) is 10.2 Å². The molecule has 4 rings (SSSR count). The highest BCUT2D eigenvalue weighted by Crippen LogP contribution is 2.34. The first-order valence-corrected chi connectivity index (χ1v) is 10.5. The molecule has 1 fully saturated rings. The van der Waals surface area contributed by atoms with E-state index in [0.29, 0.717) is 23.7 Å². The first-order chi connectivity index (χ1) is 14.4. The van der Waals surface area contributed by atoms with Crippen molar-refractivity contribution in [3.63, 3.8) is 0 Å². The zero-order chi connectivity index (χ0) is 21.3. The molecule has 0 saturated carbocycles. The van der Waals surface area contributed by atoms with Gasteiger partial charge in [0.2, 0.25) is 16.9 Å². The third kappa shape index (κ3) is 4.38. The van der Waals surface area contributed by atoms with E-state index in [1.54, 1.807) is 17.0 Å². The maximum atomic E-state index is 13.0. The number of aromatic nitrogens is 2. The summed E-state index contributed by atoms with van der Waals surface area (Å²) < 4.78 is 13.0. The number of hydrogen-bond acceptors (Lipinski definition) is 5. The number of hydrogen-bond donors (Lipinski definition) is 1. The van der Waals surface area contributed by atoms with Gasteiger partial charge in [-0.2, -0.15) is 0 Å². The molecule has 1 aliphatic rings. The molecule has 2 heterocycles. The lowest BCUT2D eigenvalue weighted by atomic mass is 10.1. The predicted octanol–water partition coefficient (Wildman–Crippen LogP) is 4.00. The van der Waals surface area contributed by atoms with Gasteiger partial charge in [0.15, 0.2) is 0 Å². The maximum absolute atomic E-state index is 13.0. The summed E-state index contributed by atoms with van der Waals surface area (Å²) in [6.07, 6.45) is 0.489. The predicted molar refractivity (Wildman–Crippen MR) is 114 cm³/mol. The van der Waals surface area contributed by atoms with Crippen molar-refractivity contribution in [2.45, 2.75) is 32.6 Å². The Kier molecular flexibility index (Phi) is 5.59. The lowest BCUT2D eigenvalue weighted by molar-refractivity contribution is -0.117. The fourth-order valence-corrected chi connectivity index (χ4v) is 4.27. The highest BCUT2D eigenvalue weighted by atomic mass is 32.1. The Balaban J connectivity index is 1.40. The average Bonchev–Trinajstić information content (AvgIpc) is 3.32. The number of carbonyl (C=O) groups excluding carboxylic acids is 2. The minimum Gasteiger partial charge on any atom is -0.312 e.